The Hall–Kier alpha value is -2.04. The summed E-state index contributed by atoms with van der Waals surface area (Å²) >= 11 is 0. The molecule has 0 bridgehead atoms. The minimum absolute atomic E-state index is 0.0670. The minimum Gasteiger partial charge on any atom is -0.480 e. The number of carboxylic acid groups (broad SMARTS) is 1. The van der Waals surface area contributed by atoms with Gasteiger partial charge in [0, 0.05) is 12.1 Å². The van der Waals surface area contributed by atoms with Crippen molar-refractivity contribution in [1.29, 1.82) is 0 Å². The summed E-state index contributed by atoms with van der Waals surface area (Å²) in [5.41, 5.74) is 7.94. The van der Waals surface area contributed by atoms with Gasteiger partial charge in [0.15, 0.2) is 0 Å². The van der Waals surface area contributed by atoms with E-state index in [2.05, 4.69) is 18.8 Å². The molecule has 5 heteroatoms. The van der Waals surface area contributed by atoms with Gasteiger partial charge in [-0.25, -0.2) is 4.98 Å². The van der Waals surface area contributed by atoms with E-state index in [1.165, 1.54) is 0 Å². The standard InChI is InChI=1S/C13H17N3O2/c1-8(2)5-12-15-10-6-9(14)3-4-11(10)16(12)7-13(17)18/h3-4,6,8H,5,7,14H2,1-2H3,(H,17,18). The first-order chi connectivity index (χ1) is 8.47. The Morgan fingerprint density at radius 2 is 2.22 bits per heavy atom. The fourth-order valence-corrected chi connectivity index (χ4v) is 2.03. The maximum absolute atomic E-state index is 10.9. The van der Waals surface area contributed by atoms with Crippen LogP contribution in [0.4, 0.5) is 5.69 Å². The van der Waals surface area contributed by atoms with Crippen molar-refractivity contribution in [2.75, 3.05) is 5.73 Å². The molecule has 0 amide bonds. The number of aliphatic carboxylic acids is 1. The van der Waals surface area contributed by atoms with Crippen LogP contribution in [-0.4, -0.2) is 20.6 Å². The third-order valence-corrected chi connectivity index (χ3v) is 2.74. The van der Waals surface area contributed by atoms with Gasteiger partial charge < -0.3 is 15.4 Å². The topological polar surface area (TPSA) is 81.1 Å². The van der Waals surface area contributed by atoms with E-state index in [-0.39, 0.29) is 6.54 Å². The molecule has 0 radical (unpaired) electrons. The van der Waals surface area contributed by atoms with Crippen LogP contribution in [0.15, 0.2) is 18.2 Å². The number of imidazole rings is 1. The van der Waals surface area contributed by atoms with E-state index >= 15 is 0 Å². The van der Waals surface area contributed by atoms with Crippen LogP contribution < -0.4 is 5.73 Å². The van der Waals surface area contributed by atoms with Crippen molar-refractivity contribution in [3.63, 3.8) is 0 Å². The smallest absolute Gasteiger partial charge is 0.323 e. The highest BCUT2D eigenvalue weighted by atomic mass is 16.4. The summed E-state index contributed by atoms with van der Waals surface area (Å²) in [5, 5.41) is 8.98. The zero-order valence-electron chi connectivity index (χ0n) is 10.6. The number of aromatic nitrogens is 2. The predicted octanol–water partition coefficient (Wildman–Crippen LogP) is 1.90. The Morgan fingerprint density at radius 1 is 1.50 bits per heavy atom. The van der Waals surface area contributed by atoms with E-state index < -0.39 is 5.97 Å². The summed E-state index contributed by atoms with van der Waals surface area (Å²) < 4.78 is 1.75. The maximum Gasteiger partial charge on any atom is 0.323 e. The molecular weight excluding hydrogens is 230 g/mol. The third-order valence-electron chi connectivity index (χ3n) is 2.74. The Bertz CT molecular complexity index is 587. The van der Waals surface area contributed by atoms with Gasteiger partial charge in [-0.05, 0) is 24.1 Å². The van der Waals surface area contributed by atoms with Gasteiger partial charge >= 0.3 is 5.97 Å². The normalized spacial score (nSPS) is 11.3. The molecular formula is C13H17N3O2. The molecule has 5 nitrogen and oxygen atoms in total. The zero-order valence-corrected chi connectivity index (χ0v) is 10.6. The molecule has 0 saturated carbocycles. The van der Waals surface area contributed by atoms with Gasteiger partial charge in [0.05, 0.1) is 11.0 Å². The number of nitrogen functional groups attached to an aromatic ring is 1. The first-order valence-corrected chi connectivity index (χ1v) is 5.94. The van der Waals surface area contributed by atoms with Gasteiger partial charge in [0.25, 0.3) is 0 Å². The summed E-state index contributed by atoms with van der Waals surface area (Å²) in [7, 11) is 0. The van der Waals surface area contributed by atoms with Crippen LogP contribution in [0.25, 0.3) is 11.0 Å². The lowest BCUT2D eigenvalue weighted by molar-refractivity contribution is -0.137. The number of benzene rings is 1. The van der Waals surface area contributed by atoms with Gasteiger partial charge in [0.1, 0.15) is 12.4 Å². The molecule has 0 fully saturated rings. The summed E-state index contributed by atoms with van der Waals surface area (Å²) in [6.07, 6.45) is 0.752. The largest absolute Gasteiger partial charge is 0.480 e. The second-order valence-electron chi connectivity index (χ2n) is 4.85. The van der Waals surface area contributed by atoms with Gasteiger partial charge in [-0.15, -0.1) is 0 Å². The molecule has 0 aliphatic heterocycles. The van der Waals surface area contributed by atoms with Crippen molar-refractivity contribution in [3.05, 3.63) is 24.0 Å². The maximum atomic E-state index is 10.9. The Balaban J connectivity index is 2.56. The number of carboxylic acids is 1. The SMILES string of the molecule is CC(C)Cc1nc2cc(N)ccc2n1CC(=O)O. The molecule has 1 heterocycles. The second-order valence-corrected chi connectivity index (χ2v) is 4.85. The molecule has 96 valence electrons. The summed E-state index contributed by atoms with van der Waals surface area (Å²) in [4.78, 5) is 15.4. The highest BCUT2D eigenvalue weighted by Gasteiger charge is 2.14. The average molecular weight is 247 g/mol. The molecule has 1 aromatic carbocycles. The van der Waals surface area contributed by atoms with Gasteiger partial charge in [-0.1, -0.05) is 13.8 Å². The lowest BCUT2D eigenvalue weighted by Crippen LogP contribution is -2.13. The van der Waals surface area contributed by atoms with Crippen LogP contribution in [-0.2, 0) is 17.8 Å². The molecule has 0 spiro atoms. The molecule has 0 aliphatic carbocycles. The quantitative estimate of drug-likeness (QED) is 0.808. The summed E-state index contributed by atoms with van der Waals surface area (Å²) in [6.45, 7) is 4.10. The molecule has 18 heavy (non-hydrogen) atoms. The van der Waals surface area contributed by atoms with E-state index in [1.807, 2.05) is 6.07 Å². The molecule has 2 rings (SSSR count). The fraction of sp³-hybridized carbons (Fsp3) is 0.385. The Kier molecular flexibility index (Phi) is 3.23. The zero-order chi connectivity index (χ0) is 13.3. The number of fused-ring (bicyclic) bond motifs is 1. The minimum atomic E-state index is -0.865. The number of anilines is 1. The van der Waals surface area contributed by atoms with Gasteiger partial charge in [-0.3, -0.25) is 4.79 Å². The van der Waals surface area contributed by atoms with Crippen molar-refractivity contribution in [3.8, 4) is 0 Å². The van der Waals surface area contributed by atoms with Crippen LogP contribution in [0.3, 0.4) is 0 Å². The number of rotatable bonds is 4. The highest BCUT2D eigenvalue weighted by Crippen LogP contribution is 2.20. The first-order valence-electron chi connectivity index (χ1n) is 5.94. The van der Waals surface area contributed by atoms with E-state index in [9.17, 15) is 4.79 Å². The average Bonchev–Trinajstić information content (AvgIpc) is 2.54. The molecule has 0 aliphatic rings. The number of carbonyl (C=O) groups is 1. The first kappa shape index (κ1) is 12.4. The Morgan fingerprint density at radius 3 is 2.83 bits per heavy atom. The molecule has 0 unspecified atom stereocenters. The third kappa shape index (κ3) is 2.45. The lowest BCUT2D eigenvalue weighted by Gasteiger charge is -2.08. The summed E-state index contributed by atoms with van der Waals surface area (Å²) in [5.74, 6) is 0.357. The van der Waals surface area contributed by atoms with Crippen molar-refractivity contribution < 1.29 is 9.90 Å². The number of hydrogen-bond donors (Lipinski definition) is 2. The lowest BCUT2D eigenvalue weighted by atomic mass is 10.1. The van der Waals surface area contributed by atoms with Crippen LogP contribution in [0.5, 0.6) is 0 Å². The molecule has 0 atom stereocenters. The van der Waals surface area contributed by atoms with Gasteiger partial charge in [-0.2, -0.15) is 0 Å². The monoisotopic (exact) mass is 247 g/mol. The molecule has 0 saturated heterocycles. The highest BCUT2D eigenvalue weighted by molar-refractivity contribution is 5.81. The number of hydrogen-bond acceptors (Lipinski definition) is 3. The van der Waals surface area contributed by atoms with Crippen LogP contribution in [0.1, 0.15) is 19.7 Å². The van der Waals surface area contributed by atoms with Crippen LogP contribution in [0, 0.1) is 5.92 Å². The van der Waals surface area contributed by atoms with Crippen molar-refractivity contribution in [2.24, 2.45) is 5.92 Å². The fourth-order valence-electron chi connectivity index (χ4n) is 2.03. The van der Waals surface area contributed by atoms with Crippen molar-refractivity contribution in [1.82, 2.24) is 9.55 Å². The van der Waals surface area contributed by atoms with Crippen molar-refractivity contribution in [2.45, 2.75) is 26.8 Å². The van der Waals surface area contributed by atoms with E-state index in [4.69, 9.17) is 10.8 Å². The summed E-state index contributed by atoms with van der Waals surface area (Å²) in [6, 6.07) is 5.36. The van der Waals surface area contributed by atoms with Crippen LogP contribution in [0.2, 0.25) is 0 Å². The van der Waals surface area contributed by atoms with Gasteiger partial charge in [0.2, 0.25) is 0 Å². The molecule has 1 aromatic heterocycles. The van der Waals surface area contributed by atoms with Crippen molar-refractivity contribution >= 4 is 22.7 Å². The number of nitrogens with two attached hydrogens (primary N) is 1. The molecule has 2 aromatic rings. The number of nitrogens with zero attached hydrogens (tertiary/aromatic N) is 2. The second kappa shape index (κ2) is 4.68. The van der Waals surface area contributed by atoms with E-state index in [0.717, 1.165) is 23.3 Å². The predicted molar refractivity (Wildman–Crippen MR) is 70.3 cm³/mol. The van der Waals surface area contributed by atoms with E-state index in [1.54, 1.807) is 16.7 Å². The molecule has 3 N–H and O–H groups in total. The Labute approximate surface area is 105 Å². The van der Waals surface area contributed by atoms with Crippen LogP contribution >= 0.6 is 0 Å². The van der Waals surface area contributed by atoms with E-state index in [0.29, 0.717) is 11.6 Å².